The SMILES string of the molecule is COC(=O)C(=Cc1ccc(CO)c(Br)c1)N=[N+]=[N-]. The van der Waals surface area contributed by atoms with Gasteiger partial charge in [-0.1, -0.05) is 33.2 Å². The van der Waals surface area contributed by atoms with Crippen LogP contribution in [0.25, 0.3) is 16.5 Å². The van der Waals surface area contributed by atoms with Crippen LogP contribution in [0.4, 0.5) is 0 Å². The molecule has 0 saturated heterocycles. The second kappa shape index (κ2) is 6.80. The van der Waals surface area contributed by atoms with E-state index >= 15 is 0 Å². The van der Waals surface area contributed by atoms with Gasteiger partial charge >= 0.3 is 5.97 Å². The molecule has 0 spiro atoms. The number of aliphatic hydroxyl groups is 1. The van der Waals surface area contributed by atoms with Crippen molar-refractivity contribution >= 4 is 28.0 Å². The van der Waals surface area contributed by atoms with Gasteiger partial charge < -0.3 is 9.84 Å². The standard InChI is InChI=1S/C11H10BrN3O3/c1-18-11(17)10(14-15-13)5-7-2-3-8(6-16)9(12)4-7/h2-5,16H,6H2,1H3. The first-order valence-electron chi connectivity index (χ1n) is 4.86. The monoisotopic (exact) mass is 311 g/mol. The predicted molar refractivity (Wildman–Crippen MR) is 69.2 cm³/mol. The van der Waals surface area contributed by atoms with Crippen LogP contribution < -0.4 is 0 Å². The third kappa shape index (κ3) is 3.59. The van der Waals surface area contributed by atoms with Gasteiger partial charge in [0.1, 0.15) is 5.70 Å². The van der Waals surface area contributed by atoms with Gasteiger partial charge in [-0.15, -0.1) is 0 Å². The minimum Gasteiger partial charge on any atom is -0.466 e. The van der Waals surface area contributed by atoms with Crippen LogP contribution in [0.15, 0.2) is 33.5 Å². The molecule has 1 rings (SSSR count). The maximum atomic E-state index is 11.3. The van der Waals surface area contributed by atoms with Gasteiger partial charge in [0.2, 0.25) is 0 Å². The van der Waals surface area contributed by atoms with E-state index in [1.807, 2.05) is 0 Å². The summed E-state index contributed by atoms with van der Waals surface area (Å²) in [6.07, 6.45) is 1.40. The zero-order valence-corrected chi connectivity index (χ0v) is 11.1. The summed E-state index contributed by atoms with van der Waals surface area (Å²) in [7, 11) is 1.20. The highest BCUT2D eigenvalue weighted by Crippen LogP contribution is 2.20. The molecule has 0 aromatic heterocycles. The lowest BCUT2D eigenvalue weighted by Crippen LogP contribution is -2.01. The molecule has 6 nitrogen and oxygen atoms in total. The lowest BCUT2D eigenvalue weighted by Gasteiger charge is -2.03. The van der Waals surface area contributed by atoms with Crippen molar-refractivity contribution in [3.63, 3.8) is 0 Å². The molecule has 7 heteroatoms. The van der Waals surface area contributed by atoms with E-state index in [9.17, 15) is 4.79 Å². The lowest BCUT2D eigenvalue weighted by atomic mass is 10.1. The molecule has 94 valence electrons. The van der Waals surface area contributed by atoms with Crippen molar-refractivity contribution in [2.75, 3.05) is 7.11 Å². The molecule has 0 amide bonds. The molecule has 1 N–H and O–H groups in total. The summed E-state index contributed by atoms with van der Waals surface area (Å²) in [5.74, 6) is -0.713. The number of rotatable bonds is 4. The molecule has 18 heavy (non-hydrogen) atoms. The van der Waals surface area contributed by atoms with Crippen LogP contribution in [0.3, 0.4) is 0 Å². The van der Waals surface area contributed by atoms with Gasteiger partial charge in [-0.3, -0.25) is 0 Å². The van der Waals surface area contributed by atoms with E-state index in [-0.39, 0.29) is 12.3 Å². The maximum Gasteiger partial charge on any atom is 0.340 e. The topological polar surface area (TPSA) is 95.3 Å². The maximum absolute atomic E-state index is 11.3. The van der Waals surface area contributed by atoms with Crippen molar-refractivity contribution in [2.45, 2.75) is 6.61 Å². The van der Waals surface area contributed by atoms with Gasteiger partial charge in [0.05, 0.1) is 13.7 Å². The Labute approximate surface area is 112 Å². The Bertz CT molecular complexity index is 536. The number of esters is 1. The zero-order chi connectivity index (χ0) is 13.5. The zero-order valence-electron chi connectivity index (χ0n) is 9.50. The average molecular weight is 312 g/mol. The summed E-state index contributed by atoms with van der Waals surface area (Å²) < 4.78 is 5.19. The van der Waals surface area contributed by atoms with Gasteiger partial charge in [0, 0.05) is 9.38 Å². The fraction of sp³-hybridized carbons (Fsp3) is 0.182. The number of hydrogen-bond donors (Lipinski definition) is 1. The normalized spacial score (nSPS) is 10.7. The molecule has 0 bridgehead atoms. The van der Waals surface area contributed by atoms with Gasteiger partial charge in [0.25, 0.3) is 0 Å². The third-order valence-corrected chi connectivity index (χ3v) is 2.84. The molecule has 0 unspecified atom stereocenters. The first-order valence-corrected chi connectivity index (χ1v) is 5.66. The Balaban J connectivity index is 3.16. The van der Waals surface area contributed by atoms with Crippen LogP contribution >= 0.6 is 15.9 Å². The van der Waals surface area contributed by atoms with Gasteiger partial charge in [0.15, 0.2) is 0 Å². The minimum absolute atomic E-state index is 0.0925. The van der Waals surface area contributed by atoms with Gasteiger partial charge in [-0.25, -0.2) is 4.79 Å². The summed E-state index contributed by atoms with van der Waals surface area (Å²) in [4.78, 5) is 13.9. The molecule has 0 atom stereocenters. The Morgan fingerprint density at radius 3 is 2.89 bits per heavy atom. The Morgan fingerprint density at radius 2 is 2.39 bits per heavy atom. The summed E-state index contributed by atoms with van der Waals surface area (Å²) in [5, 5.41) is 12.3. The van der Waals surface area contributed by atoms with E-state index in [1.165, 1.54) is 13.2 Å². The second-order valence-corrected chi connectivity index (χ2v) is 4.07. The van der Waals surface area contributed by atoms with Gasteiger partial charge in [-0.05, 0) is 28.8 Å². The molecule has 0 heterocycles. The van der Waals surface area contributed by atoms with E-state index in [0.717, 1.165) is 5.56 Å². The van der Waals surface area contributed by atoms with Crippen LogP contribution in [0.5, 0.6) is 0 Å². The summed E-state index contributed by atoms with van der Waals surface area (Å²) in [6.45, 7) is -0.0925. The predicted octanol–water partition coefficient (Wildman–Crippen LogP) is 2.77. The van der Waals surface area contributed by atoms with Crippen LogP contribution in [0, 0.1) is 0 Å². The number of aliphatic hydroxyl groups excluding tert-OH is 1. The van der Waals surface area contributed by atoms with E-state index in [4.69, 9.17) is 10.6 Å². The Kier molecular flexibility index (Phi) is 5.38. The molecule has 0 fully saturated rings. The number of ether oxygens (including phenoxy) is 1. The van der Waals surface area contributed by atoms with E-state index in [0.29, 0.717) is 10.0 Å². The fourth-order valence-electron chi connectivity index (χ4n) is 1.22. The Morgan fingerprint density at radius 1 is 1.67 bits per heavy atom. The molecular weight excluding hydrogens is 302 g/mol. The largest absolute Gasteiger partial charge is 0.466 e. The summed E-state index contributed by atoms with van der Waals surface area (Å²) in [6, 6.07) is 5.08. The number of methoxy groups -OCH3 is 1. The number of halogens is 1. The molecule has 0 aliphatic rings. The average Bonchev–Trinajstić information content (AvgIpc) is 2.37. The van der Waals surface area contributed by atoms with E-state index in [2.05, 4.69) is 30.7 Å². The molecule has 0 radical (unpaired) electrons. The number of hydrogen-bond acceptors (Lipinski definition) is 4. The van der Waals surface area contributed by atoms with Crippen molar-refractivity contribution < 1.29 is 14.6 Å². The second-order valence-electron chi connectivity index (χ2n) is 3.22. The van der Waals surface area contributed by atoms with Crippen molar-refractivity contribution in [1.29, 1.82) is 0 Å². The third-order valence-electron chi connectivity index (χ3n) is 2.10. The van der Waals surface area contributed by atoms with Crippen molar-refractivity contribution in [3.05, 3.63) is 49.9 Å². The molecule has 0 saturated carbocycles. The molecule has 0 aliphatic heterocycles. The quantitative estimate of drug-likeness (QED) is 0.304. The van der Waals surface area contributed by atoms with Crippen LogP contribution in [-0.4, -0.2) is 18.2 Å². The number of carbonyl (C=O) groups is 1. The lowest BCUT2D eigenvalue weighted by molar-refractivity contribution is -0.136. The molecule has 0 aliphatic carbocycles. The van der Waals surface area contributed by atoms with Crippen LogP contribution in [0.2, 0.25) is 0 Å². The minimum atomic E-state index is -0.713. The first-order chi connectivity index (χ1) is 8.62. The van der Waals surface area contributed by atoms with E-state index in [1.54, 1.807) is 18.2 Å². The summed E-state index contributed by atoms with van der Waals surface area (Å²) >= 11 is 3.28. The molecule has 1 aromatic rings. The van der Waals surface area contributed by atoms with Crippen LogP contribution in [0.1, 0.15) is 11.1 Å². The summed E-state index contributed by atoms with van der Waals surface area (Å²) in [5.41, 5.74) is 9.59. The number of azide groups is 1. The first kappa shape index (κ1) is 14.2. The van der Waals surface area contributed by atoms with Crippen molar-refractivity contribution in [3.8, 4) is 0 Å². The highest BCUT2D eigenvalue weighted by molar-refractivity contribution is 9.10. The number of nitrogens with zero attached hydrogens (tertiary/aromatic N) is 3. The molecular formula is C11H10BrN3O3. The highest BCUT2D eigenvalue weighted by atomic mass is 79.9. The number of benzene rings is 1. The van der Waals surface area contributed by atoms with Crippen molar-refractivity contribution in [1.82, 2.24) is 0 Å². The Hall–Kier alpha value is -1.82. The van der Waals surface area contributed by atoms with Crippen LogP contribution in [-0.2, 0) is 16.1 Å². The van der Waals surface area contributed by atoms with E-state index < -0.39 is 5.97 Å². The highest BCUT2D eigenvalue weighted by Gasteiger charge is 2.08. The smallest absolute Gasteiger partial charge is 0.340 e. The number of carbonyl (C=O) groups excluding carboxylic acids is 1. The molecule has 1 aromatic carbocycles. The fourth-order valence-corrected chi connectivity index (χ4v) is 1.74. The van der Waals surface area contributed by atoms with Gasteiger partial charge in [-0.2, -0.15) is 0 Å². The van der Waals surface area contributed by atoms with Crippen molar-refractivity contribution in [2.24, 2.45) is 5.11 Å².